The highest BCUT2D eigenvalue weighted by molar-refractivity contribution is 9.10. The molecule has 0 aliphatic rings. The van der Waals surface area contributed by atoms with Crippen LogP contribution in [0.1, 0.15) is 0 Å². The summed E-state index contributed by atoms with van der Waals surface area (Å²) in [6, 6.07) is 9.61. The first kappa shape index (κ1) is 11.0. The molecule has 0 atom stereocenters. The molecule has 2 N–H and O–H groups in total. The van der Waals surface area contributed by atoms with Crippen LogP contribution in [0.4, 0.5) is 5.82 Å². The van der Waals surface area contributed by atoms with Gasteiger partial charge in [-0.2, -0.15) is 0 Å². The quantitative estimate of drug-likeness (QED) is 0.918. The Hall–Kier alpha value is -1.55. The molecule has 0 unspecified atom stereocenters. The average Bonchev–Trinajstić information content (AvgIpc) is 2.32. The number of ether oxygens (including phenoxy) is 1. The second-order valence-electron chi connectivity index (χ2n) is 3.29. The summed E-state index contributed by atoms with van der Waals surface area (Å²) >= 11 is 3.46. The standard InChI is InChI=1S/C12H11BrN2O/c1-16-11-5-3-2-4-8(11)9-6-12(14)15-7-10(9)13/h2-7H,1H3,(H2,14,15). The smallest absolute Gasteiger partial charge is 0.126 e. The number of halogens is 1. The van der Waals surface area contributed by atoms with Crippen LogP contribution < -0.4 is 10.5 Å². The zero-order valence-corrected chi connectivity index (χ0v) is 10.4. The molecule has 4 heteroatoms. The number of hydrogen-bond acceptors (Lipinski definition) is 3. The molecule has 0 aliphatic heterocycles. The molecule has 1 heterocycles. The summed E-state index contributed by atoms with van der Waals surface area (Å²) in [5.74, 6) is 1.30. The van der Waals surface area contributed by atoms with E-state index in [1.807, 2.05) is 30.3 Å². The third kappa shape index (κ3) is 2.02. The van der Waals surface area contributed by atoms with E-state index in [2.05, 4.69) is 20.9 Å². The number of pyridine rings is 1. The minimum atomic E-state index is 0.490. The van der Waals surface area contributed by atoms with Crippen molar-refractivity contribution in [2.24, 2.45) is 0 Å². The molecule has 2 aromatic rings. The number of nitrogens with zero attached hydrogens (tertiary/aromatic N) is 1. The number of rotatable bonds is 2. The fourth-order valence-electron chi connectivity index (χ4n) is 1.53. The van der Waals surface area contributed by atoms with Crippen LogP contribution >= 0.6 is 15.9 Å². The lowest BCUT2D eigenvalue weighted by Crippen LogP contribution is -1.93. The molecule has 0 fully saturated rings. The number of nitrogen functional groups attached to an aromatic ring is 1. The molecule has 0 saturated heterocycles. The zero-order chi connectivity index (χ0) is 11.5. The van der Waals surface area contributed by atoms with Gasteiger partial charge in [0.1, 0.15) is 11.6 Å². The third-order valence-electron chi connectivity index (χ3n) is 2.27. The van der Waals surface area contributed by atoms with Crippen molar-refractivity contribution in [3.05, 3.63) is 41.0 Å². The largest absolute Gasteiger partial charge is 0.496 e. The second kappa shape index (κ2) is 4.53. The van der Waals surface area contributed by atoms with E-state index in [9.17, 15) is 0 Å². The highest BCUT2D eigenvalue weighted by Gasteiger charge is 2.09. The van der Waals surface area contributed by atoms with Gasteiger partial charge in [0.25, 0.3) is 0 Å². The number of benzene rings is 1. The Bertz CT molecular complexity index is 514. The molecular formula is C12H11BrN2O. The Morgan fingerprint density at radius 3 is 2.75 bits per heavy atom. The highest BCUT2D eigenvalue weighted by Crippen LogP contribution is 2.34. The first-order valence-electron chi connectivity index (χ1n) is 4.77. The molecule has 0 radical (unpaired) electrons. The van der Waals surface area contributed by atoms with Crippen molar-refractivity contribution < 1.29 is 4.74 Å². The number of nitrogens with two attached hydrogens (primary N) is 1. The number of methoxy groups -OCH3 is 1. The van der Waals surface area contributed by atoms with Gasteiger partial charge in [0.05, 0.1) is 7.11 Å². The van der Waals surface area contributed by atoms with Crippen LogP contribution in [0.25, 0.3) is 11.1 Å². The Labute approximate surface area is 102 Å². The molecule has 0 amide bonds. The Morgan fingerprint density at radius 2 is 2.00 bits per heavy atom. The molecule has 0 spiro atoms. The molecule has 0 bridgehead atoms. The fourth-order valence-corrected chi connectivity index (χ4v) is 1.96. The van der Waals surface area contributed by atoms with Crippen molar-refractivity contribution in [3.63, 3.8) is 0 Å². The summed E-state index contributed by atoms with van der Waals surface area (Å²) in [5, 5.41) is 0. The lowest BCUT2D eigenvalue weighted by Gasteiger charge is -2.10. The van der Waals surface area contributed by atoms with Gasteiger partial charge in [-0.25, -0.2) is 4.98 Å². The zero-order valence-electron chi connectivity index (χ0n) is 8.77. The van der Waals surface area contributed by atoms with Crippen molar-refractivity contribution in [2.75, 3.05) is 12.8 Å². The van der Waals surface area contributed by atoms with Crippen LogP contribution in [0.3, 0.4) is 0 Å². The summed E-state index contributed by atoms with van der Waals surface area (Å²) in [6.45, 7) is 0. The Morgan fingerprint density at radius 1 is 1.25 bits per heavy atom. The van der Waals surface area contributed by atoms with Gasteiger partial charge in [-0.1, -0.05) is 18.2 Å². The molecule has 82 valence electrons. The molecule has 16 heavy (non-hydrogen) atoms. The van der Waals surface area contributed by atoms with Crippen molar-refractivity contribution in [3.8, 4) is 16.9 Å². The maximum atomic E-state index is 5.68. The summed E-state index contributed by atoms with van der Waals surface area (Å²) in [7, 11) is 1.65. The summed E-state index contributed by atoms with van der Waals surface area (Å²) in [4.78, 5) is 4.01. The van der Waals surface area contributed by atoms with E-state index in [1.54, 1.807) is 13.3 Å². The van der Waals surface area contributed by atoms with Crippen LogP contribution in [0.15, 0.2) is 41.0 Å². The second-order valence-corrected chi connectivity index (χ2v) is 4.14. The summed E-state index contributed by atoms with van der Waals surface area (Å²) < 4.78 is 6.21. The normalized spacial score (nSPS) is 10.1. The predicted molar refractivity (Wildman–Crippen MR) is 68.3 cm³/mol. The number of aromatic nitrogens is 1. The fraction of sp³-hybridized carbons (Fsp3) is 0.0833. The first-order chi connectivity index (χ1) is 7.72. The third-order valence-corrected chi connectivity index (χ3v) is 2.91. The van der Waals surface area contributed by atoms with Crippen molar-refractivity contribution >= 4 is 21.7 Å². The lowest BCUT2D eigenvalue weighted by molar-refractivity contribution is 0.416. The van der Waals surface area contributed by atoms with Crippen molar-refractivity contribution in [1.29, 1.82) is 0 Å². The van der Waals surface area contributed by atoms with E-state index >= 15 is 0 Å². The van der Waals surface area contributed by atoms with Crippen LogP contribution in [-0.4, -0.2) is 12.1 Å². The Kier molecular flexibility index (Phi) is 3.10. The predicted octanol–water partition coefficient (Wildman–Crippen LogP) is 3.10. The van der Waals surface area contributed by atoms with Gasteiger partial charge in [-0.15, -0.1) is 0 Å². The minimum Gasteiger partial charge on any atom is -0.496 e. The minimum absolute atomic E-state index is 0.490. The SMILES string of the molecule is COc1ccccc1-c1cc(N)ncc1Br. The van der Waals surface area contributed by atoms with E-state index in [1.165, 1.54) is 0 Å². The van der Waals surface area contributed by atoms with Crippen LogP contribution in [0, 0.1) is 0 Å². The van der Waals surface area contributed by atoms with Gasteiger partial charge in [-0.05, 0) is 28.1 Å². The molecule has 2 rings (SSSR count). The van der Waals surface area contributed by atoms with Crippen LogP contribution in [0.2, 0.25) is 0 Å². The van der Waals surface area contributed by atoms with Gasteiger partial charge < -0.3 is 10.5 Å². The Balaban J connectivity index is 2.62. The van der Waals surface area contributed by atoms with Crippen molar-refractivity contribution in [1.82, 2.24) is 4.98 Å². The van der Waals surface area contributed by atoms with Crippen LogP contribution in [0.5, 0.6) is 5.75 Å². The average molecular weight is 279 g/mol. The first-order valence-corrected chi connectivity index (χ1v) is 5.56. The summed E-state index contributed by atoms with van der Waals surface area (Å²) in [6.07, 6.45) is 1.69. The molecule has 0 saturated carbocycles. The molecule has 0 aliphatic carbocycles. The van der Waals surface area contributed by atoms with Gasteiger partial charge in [-0.3, -0.25) is 0 Å². The maximum Gasteiger partial charge on any atom is 0.126 e. The van der Waals surface area contributed by atoms with Crippen molar-refractivity contribution in [2.45, 2.75) is 0 Å². The number of para-hydroxylation sites is 1. The number of hydrogen-bond donors (Lipinski definition) is 1. The van der Waals surface area contributed by atoms with Gasteiger partial charge in [0, 0.05) is 21.8 Å². The van der Waals surface area contributed by atoms with Gasteiger partial charge in [0.2, 0.25) is 0 Å². The van der Waals surface area contributed by atoms with Gasteiger partial charge in [0.15, 0.2) is 0 Å². The molecule has 1 aromatic carbocycles. The van der Waals surface area contributed by atoms with Gasteiger partial charge >= 0.3 is 0 Å². The molecular weight excluding hydrogens is 268 g/mol. The molecule has 1 aromatic heterocycles. The van der Waals surface area contributed by atoms with E-state index < -0.39 is 0 Å². The molecule has 3 nitrogen and oxygen atoms in total. The van der Waals surface area contributed by atoms with E-state index in [-0.39, 0.29) is 0 Å². The highest BCUT2D eigenvalue weighted by atomic mass is 79.9. The van der Waals surface area contributed by atoms with E-state index in [4.69, 9.17) is 10.5 Å². The van der Waals surface area contributed by atoms with E-state index in [0.717, 1.165) is 21.3 Å². The monoisotopic (exact) mass is 278 g/mol. The lowest BCUT2D eigenvalue weighted by atomic mass is 10.1. The number of anilines is 1. The summed E-state index contributed by atoms with van der Waals surface area (Å²) in [5.41, 5.74) is 7.65. The topological polar surface area (TPSA) is 48.1 Å². The maximum absolute atomic E-state index is 5.68. The van der Waals surface area contributed by atoms with Crippen LogP contribution in [-0.2, 0) is 0 Å². The van der Waals surface area contributed by atoms with E-state index in [0.29, 0.717) is 5.82 Å².